The van der Waals surface area contributed by atoms with Gasteiger partial charge in [0.15, 0.2) is 5.82 Å². The lowest BCUT2D eigenvalue weighted by Crippen LogP contribution is -1.99. The largest absolute Gasteiger partial charge is 0.372 e. The molecular formula is C11H12N4. The quantitative estimate of drug-likeness (QED) is 0.804. The summed E-state index contributed by atoms with van der Waals surface area (Å²) in [6, 6.07) is 7.99. The molecule has 0 amide bonds. The molecule has 0 saturated heterocycles. The van der Waals surface area contributed by atoms with Gasteiger partial charge in [-0.05, 0) is 12.5 Å². The summed E-state index contributed by atoms with van der Waals surface area (Å²) in [7, 11) is 1.81. The first-order valence-electron chi connectivity index (χ1n) is 4.75. The molecule has 1 N–H and O–H groups in total. The fraction of sp³-hybridized carbons (Fsp3) is 0.182. The molecule has 0 aliphatic heterocycles. The molecule has 4 heteroatoms. The summed E-state index contributed by atoms with van der Waals surface area (Å²) in [5.74, 6) is 1.38. The van der Waals surface area contributed by atoms with Gasteiger partial charge in [0.2, 0.25) is 0 Å². The smallest absolute Gasteiger partial charge is 0.184 e. The van der Waals surface area contributed by atoms with E-state index in [1.807, 2.05) is 38.2 Å². The molecule has 1 aromatic heterocycles. The number of nitrogens with zero attached hydrogens (tertiary/aromatic N) is 3. The monoisotopic (exact) mass is 200 g/mol. The Hall–Kier alpha value is -1.97. The van der Waals surface area contributed by atoms with Gasteiger partial charge in [-0.3, -0.25) is 0 Å². The maximum atomic E-state index is 4.34. The molecule has 0 fully saturated rings. The van der Waals surface area contributed by atoms with Crippen molar-refractivity contribution in [2.75, 3.05) is 12.4 Å². The average molecular weight is 200 g/mol. The van der Waals surface area contributed by atoms with Gasteiger partial charge in [-0.2, -0.15) is 5.10 Å². The van der Waals surface area contributed by atoms with Crippen molar-refractivity contribution >= 4 is 5.82 Å². The Balaban J connectivity index is 2.49. The fourth-order valence-electron chi connectivity index (χ4n) is 1.36. The van der Waals surface area contributed by atoms with Crippen LogP contribution < -0.4 is 5.32 Å². The SMILES string of the molecule is CNc1cnnc(-c2ccccc2C)n1. The predicted molar refractivity (Wildman–Crippen MR) is 59.5 cm³/mol. The summed E-state index contributed by atoms with van der Waals surface area (Å²) in [6.07, 6.45) is 1.60. The maximum absolute atomic E-state index is 4.34. The van der Waals surface area contributed by atoms with E-state index in [2.05, 4.69) is 20.5 Å². The number of benzene rings is 1. The van der Waals surface area contributed by atoms with Crippen LogP contribution in [0, 0.1) is 6.92 Å². The minimum absolute atomic E-state index is 0.653. The molecule has 0 bridgehead atoms. The zero-order valence-electron chi connectivity index (χ0n) is 8.73. The standard InChI is InChI=1S/C11H12N4/c1-8-5-3-4-6-9(8)11-14-10(12-2)7-13-15-11/h3-7H,1-2H3,(H,12,14,15). The van der Waals surface area contributed by atoms with Crippen LogP contribution in [0.15, 0.2) is 30.5 Å². The molecule has 0 atom stereocenters. The molecule has 0 aliphatic carbocycles. The molecule has 2 rings (SSSR count). The zero-order chi connectivity index (χ0) is 10.7. The number of aromatic nitrogens is 3. The molecule has 1 aromatic carbocycles. The van der Waals surface area contributed by atoms with Gasteiger partial charge in [0.05, 0.1) is 6.20 Å². The van der Waals surface area contributed by atoms with Gasteiger partial charge in [-0.25, -0.2) is 4.98 Å². The Morgan fingerprint density at radius 2 is 2.00 bits per heavy atom. The maximum Gasteiger partial charge on any atom is 0.184 e. The van der Waals surface area contributed by atoms with Gasteiger partial charge < -0.3 is 5.32 Å². The molecule has 2 aromatic rings. The van der Waals surface area contributed by atoms with Crippen LogP contribution in [0.4, 0.5) is 5.82 Å². The fourth-order valence-corrected chi connectivity index (χ4v) is 1.36. The van der Waals surface area contributed by atoms with Crippen LogP contribution in [0.2, 0.25) is 0 Å². The second-order valence-electron chi connectivity index (χ2n) is 3.23. The third-order valence-electron chi connectivity index (χ3n) is 2.20. The van der Waals surface area contributed by atoms with Crippen LogP contribution >= 0.6 is 0 Å². The summed E-state index contributed by atoms with van der Waals surface area (Å²) in [4.78, 5) is 4.34. The molecule has 0 saturated carbocycles. The number of anilines is 1. The van der Waals surface area contributed by atoms with E-state index in [4.69, 9.17) is 0 Å². The molecule has 0 unspecified atom stereocenters. The average Bonchev–Trinajstić information content (AvgIpc) is 2.30. The van der Waals surface area contributed by atoms with Crippen molar-refractivity contribution in [2.45, 2.75) is 6.92 Å². The Bertz CT molecular complexity index is 468. The summed E-state index contributed by atoms with van der Waals surface area (Å²) >= 11 is 0. The second-order valence-corrected chi connectivity index (χ2v) is 3.23. The minimum Gasteiger partial charge on any atom is -0.372 e. The number of hydrogen-bond acceptors (Lipinski definition) is 4. The van der Waals surface area contributed by atoms with Crippen LogP contribution in [0.3, 0.4) is 0 Å². The van der Waals surface area contributed by atoms with Crippen LogP contribution in [-0.4, -0.2) is 22.2 Å². The topological polar surface area (TPSA) is 50.7 Å². The van der Waals surface area contributed by atoms with Crippen LogP contribution in [0.25, 0.3) is 11.4 Å². The third kappa shape index (κ3) is 1.93. The molecular weight excluding hydrogens is 188 g/mol. The summed E-state index contributed by atoms with van der Waals surface area (Å²) < 4.78 is 0. The lowest BCUT2D eigenvalue weighted by atomic mass is 10.1. The van der Waals surface area contributed by atoms with Crippen molar-refractivity contribution in [3.05, 3.63) is 36.0 Å². The van der Waals surface area contributed by atoms with Crippen molar-refractivity contribution in [3.63, 3.8) is 0 Å². The predicted octanol–water partition coefficient (Wildman–Crippen LogP) is 1.89. The van der Waals surface area contributed by atoms with Crippen molar-refractivity contribution in [2.24, 2.45) is 0 Å². The van der Waals surface area contributed by atoms with Crippen molar-refractivity contribution in [3.8, 4) is 11.4 Å². The molecule has 0 spiro atoms. The highest BCUT2D eigenvalue weighted by Gasteiger charge is 2.04. The molecule has 0 aliphatic rings. The van der Waals surface area contributed by atoms with Crippen LogP contribution in [0.1, 0.15) is 5.56 Å². The number of aryl methyl sites for hydroxylation is 1. The molecule has 15 heavy (non-hydrogen) atoms. The van der Waals surface area contributed by atoms with E-state index in [-0.39, 0.29) is 0 Å². The van der Waals surface area contributed by atoms with E-state index in [1.54, 1.807) is 6.20 Å². The van der Waals surface area contributed by atoms with Gasteiger partial charge in [0.1, 0.15) is 5.82 Å². The Morgan fingerprint density at radius 1 is 1.20 bits per heavy atom. The first-order valence-corrected chi connectivity index (χ1v) is 4.75. The Labute approximate surface area is 88.4 Å². The van der Waals surface area contributed by atoms with Crippen molar-refractivity contribution < 1.29 is 0 Å². The third-order valence-corrected chi connectivity index (χ3v) is 2.20. The summed E-state index contributed by atoms with van der Waals surface area (Å²) in [5, 5.41) is 10.9. The highest BCUT2D eigenvalue weighted by Crippen LogP contribution is 2.18. The van der Waals surface area contributed by atoms with E-state index in [0.29, 0.717) is 5.82 Å². The molecule has 0 radical (unpaired) electrons. The van der Waals surface area contributed by atoms with E-state index < -0.39 is 0 Å². The molecule has 4 nitrogen and oxygen atoms in total. The zero-order valence-corrected chi connectivity index (χ0v) is 8.73. The second kappa shape index (κ2) is 4.04. The van der Waals surface area contributed by atoms with Gasteiger partial charge in [0.25, 0.3) is 0 Å². The van der Waals surface area contributed by atoms with E-state index in [9.17, 15) is 0 Å². The molecule has 1 heterocycles. The van der Waals surface area contributed by atoms with E-state index in [1.165, 1.54) is 0 Å². The first kappa shape index (κ1) is 9.58. The number of nitrogens with one attached hydrogen (secondary N) is 1. The van der Waals surface area contributed by atoms with Gasteiger partial charge in [-0.15, -0.1) is 5.10 Å². The molecule has 76 valence electrons. The van der Waals surface area contributed by atoms with Crippen molar-refractivity contribution in [1.82, 2.24) is 15.2 Å². The lowest BCUT2D eigenvalue weighted by molar-refractivity contribution is 0.979. The Kier molecular flexibility index (Phi) is 2.58. The number of rotatable bonds is 2. The Morgan fingerprint density at radius 3 is 2.73 bits per heavy atom. The number of hydrogen-bond donors (Lipinski definition) is 1. The van der Waals surface area contributed by atoms with Gasteiger partial charge in [-0.1, -0.05) is 24.3 Å². The van der Waals surface area contributed by atoms with Gasteiger partial charge in [0, 0.05) is 12.6 Å². The minimum atomic E-state index is 0.653. The first-order chi connectivity index (χ1) is 7.31. The highest BCUT2D eigenvalue weighted by molar-refractivity contribution is 5.60. The van der Waals surface area contributed by atoms with Crippen LogP contribution in [-0.2, 0) is 0 Å². The highest BCUT2D eigenvalue weighted by atomic mass is 15.2. The van der Waals surface area contributed by atoms with E-state index >= 15 is 0 Å². The van der Waals surface area contributed by atoms with E-state index in [0.717, 1.165) is 16.9 Å². The van der Waals surface area contributed by atoms with Gasteiger partial charge >= 0.3 is 0 Å². The lowest BCUT2D eigenvalue weighted by Gasteiger charge is -2.04. The summed E-state index contributed by atoms with van der Waals surface area (Å²) in [5.41, 5.74) is 2.16. The van der Waals surface area contributed by atoms with Crippen molar-refractivity contribution in [1.29, 1.82) is 0 Å². The van der Waals surface area contributed by atoms with Crippen LogP contribution in [0.5, 0.6) is 0 Å². The summed E-state index contributed by atoms with van der Waals surface area (Å²) in [6.45, 7) is 2.03. The normalized spacial score (nSPS) is 10.0.